The minimum absolute atomic E-state index is 1.12. The van der Waals surface area contributed by atoms with E-state index in [-0.39, 0.29) is 0 Å². The number of anilines is 1. The molecule has 1 aromatic rings. The molecule has 0 amide bonds. The molecule has 0 N–H and O–H groups in total. The molecule has 14 heavy (non-hydrogen) atoms. The molecule has 1 fully saturated rings. The molecule has 0 aromatic carbocycles. The molecule has 0 saturated carbocycles. The first-order valence-corrected chi connectivity index (χ1v) is 5.15. The molecule has 1 saturated heterocycles. The zero-order valence-corrected chi connectivity index (χ0v) is 8.66. The Labute approximate surface area is 85.3 Å². The third kappa shape index (κ3) is 1.65. The molecule has 1 aromatic heterocycles. The fourth-order valence-corrected chi connectivity index (χ4v) is 1.88. The van der Waals surface area contributed by atoms with Crippen molar-refractivity contribution < 1.29 is 0 Å². The number of aryl methyl sites for hydroxylation is 1. The molecule has 2 rings (SSSR count). The molecule has 1 aliphatic heterocycles. The number of nitrogens with zero attached hydrogens (tertiary/aromatic N) is 2. The SMILES string of the molecule is C=Cc1cnc(N2CCCC2)cc1C. The first-order chi connectivity index (χ1) is 6.81. The van der Waals surface area contributed by atoms with Gasteiger partial charge in [-0.05, 0) is 37.0 Å². The smallest absolute Gasteiger partial charge is 0.128 e. The fourth-order valence-electron chi connectivity index (χ4n) is 1.88. The van der Waals surface area contributed by atoms with Gasteiger partial charge in [-0.2, -0.15) is 0 Å². The summed E-state index contributed by atoms with van der Waals surface area (Å²) < 4.78 is 0. The molecule has 0 unspecified atom stereocenters. The summed E-state index contributed by atoms with van der Waals surface area (Å²) in [7, 11) is 0. The summed E-state index contributed by atoms with van der Waals surface area (Å²) in [6.07, 6.45) is 6.36. The van der Waals surface area contributed by atoms with E-state index in [1.54, 1.807) is 0 Å². The molecular formula is C12H16N2. The van der Waals surface area contributed by atoms with Gasteiger partial charge < -0.3 is 4.90 Å². The van der Waals surface area contributed by atoms with Gasteiger partial charge in [0, 0.05) is 19.3 Å². The van der Waals surface area contributed by atoms with E-state index in [9.17, 15) is 0 Å². The van der Waals surface area contributed by atoms with Crippen LogP contribution in [0.15, 0.2) is 18.8 Å². The third-order valence-corrected chi connectivity index (χ3v) is 2.79. The van der Waals surface area contributed by atoms with Crippen LogP contribution in [0.2, 0.25) is 0 Å². The molecule has 0 atom stereocenters. The number of pyridine rings is 1. The molecule has 2 nitrogen and oxygen atoms in total. The van der Waals surface area contributed by atoms with Crippen molar-refractivity contribution in [2.45, 2.75) is 19.8 Å². The second-order valence-electron chi connectivity index (χ2n) is 3.80. The van der Waals surface area contributed by atoms with Crippen LogP contribution < -0.4 is 4.90 Å². The van der Waals surface area contributed by atoms with E-state index in [4.69, 9.17) is 0 Å². The van der Waals surface area contributed by atoms with Gasteiger partial charge in [0.05, 0.1) is 0 Å². The third-order valence-electron chi connectivity index (χ3n) is 2.79. The van der Waals surface area contributed by atoms with Gasteiger partial charge in [0.25, 0.3) is 0 Å². The van der Waals surface area contributed by atoms with E-state index in [0.717, 1.165) is 24.5 Å². The summed E-state index contributed by atoms with van der Waals surface area (Å²) in [4.78, 5) is 6.79. The van der Waals surface area contributed by atoms with Gasteiger partial charge in [-0.25, -0.2) is 4.98 Å². The lowest BCUT2D eigenvalue weighted by atomic mass is 10.1. The summed E-state index contributed by atoms with van der Waals surface area (Å²) >= 11 is 0. The van der Waals surface area contributed by atoms with Crippen molar-refractivity contribution in [2.75, 3.05) is 18.0 Å². The molecular weight excluding hydrogens is 172 g/mol. The van der Waals surface area contributed by atoms with Gasteiger partial charge in [-0.3, -0.25) is 0 Å². The van der Waals surface area contributed by atoms with E-state index in [1.807, 2.05) is 12.3 Å². The highest BCUT2D eigenvalue weighted by atomic mass is 15.2. The predicted molar refractivity (Wildman–Crippen MR) is 60.5 cm³/mol. The Morgan fingerprint density at radius 3 is 2.71 bits per heavy atom. The molecule has 0 bridgehead atoms. The van der Waals surface area contributed by atoms with Crippen molar-refractivity contribution in [3.05, 3.63) is 30.0 Å². The lowest BCUT2D eigenvalue weighted by Gasteiger charge is -2.17. The Kier molecular flexibility index (Phi) is 2.53. The first-order valence-electron chi connectivity index (χ1n) is 5.15. The van der Waals surface area contributed by atoms with Gasteiger partial charge in [0.2, 0.25) is 0 Å². The van der Waals surface area contributed by atoms with Crippen LogP contribution in [0.3, 0.4) is 0 Å². The summed E-state index contributed by atoms with van der Waals surface area (Å²) in [5.41, 5.74) is 2.39. The summed E-state index contributed by atoms with van der Waals surface area (Å²) in [6, 6.07) is 2.16. The molecule has 0 aliphatic carbocycles. The van der Waals surface area contributed by atoms with Crippen molar-refractivity contribution in [1.29, 1.82) is 0 Å². The van der Waals surface area contributed by atoms with E-state index in [2.05, 4.69) is 29.5 Å². The Morgan fingerprint density at radius 1 is 1.43 bits per heavy atom. The molecule has 2 heteroatoms. The van der Waals surface area contributed by atoms with Crippen molar-refractivity contribution in [2.24, 2.45) is 0 Å². The maximum absolute atomic E-state index is 4.45. The van der Waals surface area contributed by atoms with Crippen molar-refractivity contribution in [3.63, 3.8) is 0 Å². The monoisotopic (exact) mass is 188 g/mol. The van der Waals surface area contributed by atoms with E-state index < -0.39 is 0 Å². The molecule has 0 radical (unpaired) electrons. The molecule has 1 aliphatic rings. The zero-order chi connectivity index (χ0) is 9.97. The molecule has 74 valence electrons. The highest BCUT2D eigenvalue weighted by Crippen LogP contribution is 2.20. The van der Waals surface area contributed by atoms with Crippen LogP contribution in [0.4, 0.5) is 5.82 Å². The average Bonchev–Trinajstić information content (AvgIpc) is 2.70. The molecule has 0 spiro atoms. The van der Waals surface area contributed by atoms with Gasteiger partial charge in [-0.15, -0.1) is 0 Å². The number of hydrogen-bond donors (Lipinski definition) is 0. The number of rotatable bonds is 2. The minimum Gasteiger partial charge on any atom is -0.357 e. The first kappa shape index (κ1) is 9.25. The van der Waals surface area contributed by atoms with Crippen LogP contribution in [0, 0.1) is 6.92 Å². The standard InChI is InChI=1S/C12H16N2/c1-3-11-9-13-12(8-10(11)2)14-6-4-5-7-14/h3,8-9H,1,4-7H2,2H3. The summed E-state index contributed by atoms with van der Waals surface area (Å²) in [5, 5.41) is 0. The average molecular weight is 188 g/mol. The Balaban J connectivity index is 2.27. The van der Waals surface area contributed by atoms with E-state index in [1.165, 1.54) is 18.4 Å². The highest BCUT2D eigenvalue weighted by Gasteiger charge is 2.13. The van der Waals surface area contributed by atoms with Crippen LogP contribution in [0.1, 0.15) is 24.0 Å². The van der Waals surface area contributed by atoms with Crippen LogP contribution in [-0.4, -0.2) is 18.1 Å². The quantitative estimate of drug-likeness (QED) is 0.709. The largest absolute Gasteiger partial charge is 0.357 e. The minimum atomic E-state index is 1.12. The Bertz CT molecular complexity index is 338. The van der Waals surface area contributed by atoms with Gasteiger partial charge in [-0.1, -0.05) is 12.7 Å². The maximum Gasteiger partial charge on any atom is 0.128 e. The molecule has 2 heterocycles. The van der Waals surface area contributed by atoms with Gasteiger partial charge in [0.15, 0.2) is 0 Å². The summed E-state index contributed by atoms with van der Waals surface area (Å²) in [6.45, 7) is 8.18. The van der Waals surface area contributed by atoms with Crippen LogP contribution in [-0.2, 0) is 0 Å². The van der Waals surface area contributed by atoms with Crippen molar-refractivity contribution in [1.82, 2.24) is 4.98 Å². The van der Waals surface area contributed by atoms with Crippen LogP contribution >= 0.6 is 0 Å². The fraction of sp³-hybridized carbons (Fsp3) is 0.417. The van der Waals surface area contributed by atoms with Gasteiger partial charge in [0.1, 0.15) is 5.82 Å². The van der Waals surface area contributed by atoms with E-state index >= 15 is 0 Å². The van der Waals surface area contributed by atoms with Crippen LogP contribution in [0.25, 0.3) is 6.08 Å². The zero-order valence-electron chi connectivity index (χ0n) is 8.66. The normalized spacial score (nSPS) is 15.9. The maximum atomic E-state index is 4.45. The second kappa shape index (κ2) is 3.82. The van der Waals surface area contributed by atoms with Crippen molar-refractivity contribution in [3.8, 4) is 0 Å². The lowest BCUT2D eigenvalue weighted by Crippen LogP contribution is -2.18. The Morgan fingerprint density at radius 2 is 2.14 bits per heavy atom. The van der Waals surface area contributed by atoms with Crippen molar-refractivity contribution >= 4 is 11.9 Å². The second-order valence-corrected chi connectivity index (χ2v) is 3.80. The van der Waals surface area contributed by atoms with Gasteiger partial charge >= 0.3 is 0 Å². The lowest BCUT2D eigenvalue weighted by molar-refractivity contribution is 0.934. The van der Waals surface area contributed by atoms with Crippen LogP contribution in [0.5, 0.6) is 0 Å². The number of hydrogen-bond acceptors (Lipinski definition) is 2. The number of aromatic nitrogens is 1. The predicted octanol–water partition coefficient (Wildman–Crippen LogP) is 2.63. The topological polar surface area (TPSA) is 16.1 Å². The van der Waals surface area contributed by atoms with E-state index in [0.29, 0.717) is 0 Å². The highest BCUT2D eigenvalue weighted by molar-refractivity contribution is 5.54. The summed E-state index contributed by atoms with van der Waals surface area (Å²) in [5.74, 6) is 1.12. The Hall–Kier alpha value is -1.31.